The third kappa shape index (κ3) is 6.45. The van der Waals surface area contributed by atoms with Crippen molar-refractivity contribution < 1.29 is 18.7 Å². The number of ether oxygens (including phenoxy) is 2. The predicted molar refractivity (Wildman–Crippen MR) is 163 cm³/mol. The highest BCUT2D eigenvalue weighted by atomic mass is 19.1. The molecule has 7 rings (SSSR count). The molecule has 1 unspecified atom stereocenters. The second-order valence-electron chi connectivity index (χ2n) is 11.7. The number of nitrogens with zero attached hydrogens (tertiary/aromatic N) is 9. The Kier molecular flexibility index (Phi) is 8.64. The van der Waals surface area contributed by atoms with Crippen LogP contribution in [0.1, 0.15) is 28.9 Å². The number of hydrogen-bond donors (Lipinski definition) is 2. The lowest BCUT2D eigenvalue weighted by molar-refractivity contribution is -0.0784. The molecule has 4 aliphatic rings. The summed E-state index contributed by atoms with van der Waals surface area (Å²) in [6.07, 6.45) is 8.10. The lowest BCUT2D eigenvalue weighted by atomic mass is 10.0. The summed E-state index contributed by atoms with van der Waals surface area (Å²) in [5, 5.41) is 22.8. The molecule has 1 aliphatic carbocycles. The van der Waals surface area contributed by atoms with Gasteiger partial charge in [-0.3, -0.25) is 19.7 Å². The fraction of sp³-hybridized carbons (Fsp3) is 0.452. The molecule has 238 valence electrons. The Morgan fingerprint density at radius 2 is 2.00 bits per heavy atom. The van der Waals surface area contributed by atoms with Gasteiger partial charge in [-0.15, -0.1) is 5.10 Å². The van der Waals surface area contributed by atoms with E-state index in [0.29, 0.717) is 36.0 Å². The Bertz CT molecular complexity index is 1650. The van der Waals surface area contributed by atoms with Crippen LogP contribution in [0.25, 0.3) is 11.4 Å². The molecular weight excluding hydrogens is 593 g/mol. The van der Waals surface area contributed by atoms with Gasteiger partial charge in [0.05, 0.1) is 37.6 Å². The maximum atomic E-state index is 15.1. The highest BCUT2D eigenvalue weighted by molar-refractivity contribution is 5.92. The van der Waals surface area contributed by atoms with Gasteiger partial charge in [0.15, 0.2) is 12.0 Å². The van der Waals surface area contributed by atoms with E-state index < -0.39 is 12.3 Å². The molecule has 0 radical (unpaired) electrons. The van der Waals surface area contributed by atoms with E-state index in [2.05, 4.69) is 69.8 Å². The number of nitrogens with one attached hydrogen (secondary N) is 2. The Morgan fingerprint density at radius 3 is 2.70 bits per heavy atom. The monoisotopic (exact) mass is 627 g/mol. The van der Waals surface area contributed by atoms with Gasteiger partial charge in [-0.25, -0.2) is 14.4 Å². The minimum Gasteiger partial charge on any atom is -0.486 e. The van der Waals surface area contributed by atoms with Crippen LogP contribution in [-0.4, -0.2) is 128 Å². The number of carbonyl (C=O) groups is 1. The number of benzene rings is 1. The molecule has 1 aromatic carbocycles. The molecular formula is C31H34FN11O3. The molecule has 3 fully saturated rings. The molecule has 14 nitrogen and oxygen atoms in total. The van der Waals surface area contributed by atoms with E-state index in [0.717, 1.165) is 51.5 Å². The number of piperidine rings is 1. The summed E-state index contributed by atoms with van der Waals surface area (Å²) >= 11 is 0. The van der Waals surface area contributed by atoms with Crippen molar-refractivity contribution in [1.29, 1.82) is 5.26 Å². The molecule has 0 saturated carbocycles. The fourth-order valence-corrected chi connectivity index (χ4v) is 6.16. The van der Waals surface area contributed by atoms with Gasteiger partial charge in [0.2, 0.25) is 5.95 Å². The van der Waals surface area contributed by atoms with Crippen LogP contribution in [0, 0.1) is 11.3 Å². The number of allylic oxidation sites excluding steroid dienone is 1. The number of carbonyl (C=O) groups excluding carboxylic acids is 1. The Morgan fingerprint density at radius 1 is 1.15 bits per heavy atom. The van der Waals surface area contributed by atoms with Gasteiger partial charge in [0.25, 0.3) is 5.91 Å². The topological polar surface area (TPSA) is 161 Å². The number of anilines is 1. The summed E-state index contributed by atoms with van der Waals surface area (Å²) in [5.41, 5.74) is 1.94. The summed E-state index contributed by atoms with van der Waals surface area (Å²) in [5.74, 6) is 0.664. The summed E-state index contributed by atoms with van der Waals surface area (Å²) in [7, 11) is 0. The predicted octanol–water partition coefficient (Wildman–Crippen LogP) is 1.80. The van der Waals surface area contributed by atoms with Crippen LogP contribution in [0.4, 0.5) is 10.3 Å². The van der Waals surface area contributed by atoms with E-state index in [1.165, 1.54) is 17.4 Å². The van der Waals surface area contributed by atoms with Crippen LogP contribution in [0.5, 0.6) is 5.75 Å². The van der Waals surface area contributed by atoms with Gasteiger partial charge < -0.3 is 19.7 Å². The molecule has 3 aromatic rings. The highest BCUT2D eigenvalue weighted by Gasteiger charge is 2.34. The maximum absolute atomic E-state index is 15.1. The number of aromatic nitrogens is 6. The second-order valence-corrected chi connectivity index (χ2v) is 11.7. The standard InChI is InChI=1S/C31H34FN11O3/c32-25-16-43(30(44)26-15-36-40-39-26)8-7-28(25)46-27-6-1-20(13-21(27)14-33)29-34-19-35-31(38-29)37-22-2-4-23(5-3-22)41-9-11-42(12-10-41)24-17-45-18-24/h1-4,6,13,15,19,23-25,28H,5,7-12,16-18H2,(H,36,39,40)(H,34,35,37,38)/t23?,25-,28+/m1/s1. The van der Waals surface area contributed by atoms with Gasteiger partial charge in [-0.1, -0.05) is 17.4 Å². The zero-order valence-electron chi connectivity index (χ0n) is 25.1. The number of amides is 1. The highest BCUT2D eigenvalue weighted by Crippen LogP contribution is 2.29. The average molecular weight is 628 g/mol. The first-order chi connectivity index (χ1) is 22.5. The van der Waals surface area contributed by atoms with Gasteiger partial charge in [0, 0.05) is 56.4 Å². The number of H-pyrrole nitrogens is 1. The van der Waals surface area contributed by atoms with Gasteiger partial charge in [-0.05, 0) is 30.7 Å². The van der Waals surface area contributed by atoms with Crippen molar-refractivity contribution in [1.82, 2.24) is 45.1 Å². The van der Waals surface area contributed by atoms with Gasteiger partial charge in [-0.2, -0.15) is 10.2 Å². The summed E-state index contributed by atoms with van der Waals surface area (Å²) < 4.78 is 26.4. The van der Waals surface area contributed by atoms with Crippen molar-refractivity contribution in [3.63, 3.8) is 0 Å². The Balaban J connectivity index is 0.946. The van der Waals surface area contributed by atoms with Crippen molar-refractivity contribution in [2.75, 3.05) is 57.8 Å². The Hall–Kier alpha value is -4.78. The van der Waals surface area contributed by atoms with Crippen LogP contribution in [0.3, 0.4) is 0 Å². The van der Waals surface area contributed by atoms with E-state index in [-0.39, 0.29) is 35.9 Å². The van der Waals surface area contributed by atoms with Crippen molar-refractivity contribution in [2.45, 2.75) is 37.2 Å². The lowest BCUT2D eigenvalue weighted by Gasteiger charge is -2.44. The molecule has 0 spiro atoms. The summed E-state index contributed by atoms with van der Waals surface area (Å²) in [6, 6.07) is 8.06. The fourth-order valence-electron chi connectivity index (χ4n) is 6.16. The van der Waals surface area contributed by atoms with E-state index in [4.69, 9.17) is 9.47 Å². The number of rotatable bonds is 8. The van der Waals surface area contributed by atoms with Gasteiger partial charge >= 0.3 is 0 Å². The number of alkyl halides is 1. The van der Waals surface area contributed by atoms with Crippen molar-refractivity contribution >= 4 is 11.9 Å². The van der Waals surface area contributed by atoms with E-state index in [1.807, 2.05) is 0 Å². The zero-order valence-corrected chi connectivity index (χ0v) is 25.1. The lowest BCUT2D eigenvalue weighted by Crippen LogP contribution is -2.57. The van der Waals surface area contributed by atoms with E-state index >= 15 is 4.39 Å². The third-order valence-corrected chi connectivity index (χ3v) is 8.91. The van der Waals surface area contributed by atoms with Crippen LogP contribution < -0.4 is 10.1 Å². The molecule has 0 bridgehead atoms. The van der Waals surface area contributed by atoms with Gasteiger partial charge in [0.1, 0.15) is 29.9 Å². The van der Waals surface area contributed by atoms with E-state index in [9.17, 15) is 10.1 Å². The SMILES string of the molecule is N#Cc1cc(-c2ncnc(NC3=CCC(N4CCN(C5COC5)CC4)C=C3)n2)ccc1O[C@H]1CCN(C(=O)c2cnn[nH]2)C[C@H]1F. The first-order valence-corrected chi connectivity index (χ1v) is 15.4. The molecule has 1 amide bonds. The number of aromatic amines is 1. The largest absolute Gasteiger partial charge is 0.486 e. The number of piperazine rings is 1. The van der Waals surface area contributed by atoms with Crippen LogP contribution in [-0.2, 0) is 4.74 Å². The van der Waals surface area contributed by atoms with Crippen LogP contribution in [0.2, 0.25) is 0 Å². The number of nitriles is 1. The minimum atomic E-state index is -1.44. The summed E-state index contributed by atoms with van der Waals surface area (Å²) in [6.45, 7) is 6.12. The van der Waals surface area contributed by atoms with Crippen LogP contribution >= 0.6 is 0 Å². The second kappa shape index (κ2) is 13.3. The first kappa shape index (κ1) is 29.9. The molecule has 2 aromatic heterocycles. The van der Waals surface area contributed by atoms with Crippen molar-refractivity contribution in [2.24, 2.45) is 0 Å². The molecule has 15 heteroatoms. The Labute approximate surface area is 264 Å². The molecule has 3 saturated heterocycles. The smallest absolute Gasteiger partial charge is 0.273 e. The molecule has 3 aliphatic heterocycles. The molecule has 3 atom stereocenters. The van der Waals surface area contributed by atoms with Crippen molar-refractivity contribution in [3.8, 4) is 23.2 Å². The molecule has 2 N–H and O–H groups in total. The number of likely N-dealkylation sites (tertiary alicyclic amines) is 1. The van der Waals surface area contributed by atoms with E-state index in [1.54, 1.807) is 18.2 Å². The quantitative estimate of drug-likeness (QED) is 0.373. The average Bonchev–Trinajstić information content (AvgIpc) is 3.61. The normalized spacial score (nSPS) is 24.1. The molecule has 46 heavy (non-hydrogen) atoms. The zero-order chi connectivity index (χ0) is 31.5. The summed E-state index contributed by atoms with van der Waals surface area (Å²) in [4.78, 5) is 32.1. The number of halogens is 1. The number of hydrogen-bond acceptors (Lipinski definition) is 12. The molecule has 5 heterocycles. The van der Waals surface area contributed by atoms with Crippen molar-refractivity contribution in [3.05, 3.63) is 65.9 Å². The van der Waals surface area contributed by atoms with Crippen LogP contribution in [0.15, 0.2) is 54.6 Å². The third-order valence-electron chi connectivity index (χ3n) is 8.91. The first-order valence-electron chi connectivity index (χ1n) is 15.4. The minimum absolute atomic E-state index is 0.136. The maximum Gasteiger partial charge on any atom is 0.273 e.